The molecule has 0 N–H and O–H groups in total. The first kappa shape index (κ1) is 23.0. The van der Waals surface area contributed by atoms with Gasteiger partial charge in [-0.3, -0.25) is 9.69 Å². The highest BCUT2D eigenvalue weighted by Gasteiger charge is 2.41. The number of allylic oxidation sites excluding steroid dienone is 2. The molecule has 1 aliphatic carbocycles. The van der Waals surface area contributed by atoms with Crippen LogP contribution in [0, 0.1) is 0 Å². The van der Waals surface area contributed by atoms with Crippen molar-refractivity contribution in [2.75, 3.05) is 19.6 Å². The van der Waals surface area contributed by atoms with Crippen LogP contribution < -0.4 is 0 Å². The van der Waals surface area contributed by atoms with E-state index in [1.54, 1.807) is 0 Å². The zero-order valence-electron chi connectivity index (χ0n) is 20.9. The summed E-state index contributed by atoms with van der Waals surface area (Å²) in [4.78, 5) is 17.5. The van der Waals surface area contributed by atoms with E-state index in [1.165, 1.54) is 27.8 Å². The monoisotopic (exact) mass is 474 g/mol. The van der Waals surface area contributed by atoms with E-state index in [-0.39, 0.29) is 11.3 Å². The molecule has 3 aromatic carbocycles. The van der Waals surface area contributed by atoms with Crippen LogP contribution in [0.1, 0.15) is 52.7 Å². The molecule has 3 aliphatic rings. The number of hydrogen-bond acceptors (Lipinski definition) is 2. The van der Waals surface area contributed by atoms with Gasteiger partial charge in [0.2, 0.25) is 0 Å². The summed E-state index contributed by atoms with van der Waals surface area (Å²) in [5.74, 6) is 0.216. The van der Waals surface area contributed by atoms with Crippen LogP contribution in [0.4, 0.5) is 0 Å². The highest BCUT2D eigenvalue weighted by atomic mass is 16.2. The van der Waals surface area contributed by atoms with E-state index in [1.807, 2.05) is 18.2 Å². The van der Waals surface area contributed by atoms with E-state index in [9.17, 15) is 4.79 Å². The Balaban J connectivity index is 1.10. The summed E-state index contributed by atoms with van der Waals surface area (Å²) < 4.78 is 0. The Kier molecular flexibility index (Phi) is 6.10. The number of hydrogen-bond donors (Lipinski definition) is 0. The number of likely N-dealkylation sites (tertiary alicyclic amines) is 1. The second kappa shape index (κ2) is 9.55. The molecule has 0 radical (unpaired) electrons. The zero-order valence-corrected chi connectivity index (χ0v) is 20.9. The van der Waals surface area contributed by atoms with E-state index in [4.69, 9.17) is 0 Å². The first-order valence-electron chi connectivity index (χ1n) is 13.3. The highest BCUT2D eigenvalue weighted by Crippen LogP contribution is 2.52. The van der Waals surface area contributed by atoms with Gasteiger partial charge in [-0.2, -0.15) is 0 Å². The van der Waals surface area contributed by atoms with Crippen molar-refractivity contribution in [3.63, 3.8) is 0 Å². The molecule has 182 valence electrons. The topological polar surface area (TPSA) is 23.6 Å². The fraction of sp³-hybridized carbons (Fsp3) is 0.303. The molecule has 3 nitrogen and oxygen atoms in total. The number of carbonyl (C=O) groups is 1. The maximum atomic E-state index is 12.9. The molecule has 0 aromatic heterocycles. The normalized spacial score (nSPS) is 18.9. The summed E-state index contributed by atoms with van der Waals surface area (Å²) in [6, 6.07) is 26.2. The molecule has 0 saturated carbocycles. The molecule has 0 unspecified atom stereocenters. The summed E-state index contributed by atoms with van der Waals surface area (Å²) >= 11 is 0. The van der Waals surface area contributed by atoms with Crippen molar-refractivity contribution in [2.24, 2.45) is 0 Å². The molecule has 1 amide bonds. The van der Waals surface area contributed by atoms with Gasteiger partial charge >= 0.3 is 0 Å². The van der Waals surface area contributed by atoms with Gasteiger partial charge in [0.25, 0.3) is 5.91 Å². The van der Waals surface area contributed by atoms with Gasteiger partial charge in [0, 0.05) is 43.2 Å². The molecule has 0 bridgehead atoms. The molecular formula is C33H34N2O. The minimum atomic E-state index is -0.0381. The van der Waals surface area contributed by atoms with Crippen molar-refractivity contribution in [3.8, 4) is 11.1 Å². The second-order valence-corrected chi connectivity index (χ2v) is 10.5. The number of nitrogens with zero attached hydrogens (tertiary/aromatic N) is 2. The van der Waals surface area contributed by atoms with Gasteiger partial charge in [0.05, 0.1) is 0 Å². The Bertz CT molecular complexity index is 1270. The van der Waals surface area contributed by atoms with Crippen molar-refractivity contribution < 1.29 is 4.79 Å². The first-order valence-corrected chi connectivity index (χ1v) is 13.3. The van der Waals surface area contributed by atoms with Crippen molar-refractivity contribution in [3.05, 3.63) is 120 Å². The highest BCUT2D eigenvalue weighted by molar-refractivity contribution is 5.98. The first-order chi connectivity index (χ1) is 17.7. The van der Waals surface area contributed by atoms with Gasteiger partial charge in [0.15, 0.2) is 0 Å². The maximum Gasteiger partial charge on any atom is 0.254 e. The minimum absolute atomic E-state index is 0.0381. The van der Waals surface area contributed by atoms with E-state index < -0.39 is 0 Å². The Hall–Kier alpha value is -3.43. The Morgan fingerprint density at radius 1 is 0.806 bits per heavy atom. The van der Waals surface area contributed by atoms with Crippen LogP contribution in [-0.4, -0.2) is 41.4 Å². The largest absolute Gasteiger partial charge is 0.331 e. The fourth-order valence-corrected chi connectivity index (χ4v) is 6.68. The number of piperidine rings is 1. The van der Waals surface area contributed by atoms with Crippen molar-refractivity contribution >= 4 is 5.91 Å². The summed E-state index contributed by atoms with van der Waals surface area (Å²) in [5.41, 5.74) is 7.61. The zero-order chi connectivity index (χ0) is 24.5. The molecule has 0 spiro atoms. The van der Waals surface area contributed by atoms with Crippen molar-refractivity contribution in [2.45, 2.75) is 43.7 Å². The minimum Gasteiger partial charge on any atom is -0.331 e. The van der Waals surface area contributed by atoms with Gasteiger partial charge in [-0.15, -0.1) is 6.58 Å². The molecule has 1 saturated heterocycles. The van der Waals surface area contributed by atoms with Gasteiger partial charge in [-0.05, 0) is 59.6 Å². The summed E-state index contributed by atoms with van der Waals surface area (Å²) in [6.07, 6.45) is 10.8. The van der Waals surface area contributed by atoms with E-state index >= 15 is 0 Å². The lowest BCUT2D eigenvalue weighted by atomic mass is 9.73. The predicted molar refractivity (Wildman–Crippen MR) is 147 cm³/mol. The molecule has 1 fully saturated rings. The predicted octanol–water partition coefficient (Wildman–Crippen LogP) is 6.60. The summed E-state index contributed by atoms with van der Waals surface area (Å²) in [5, 5.41) is 0. The lowest BCUT2D eigenvalue weighted by Crippen LogP contribution is -2.45. The van der Waals surface area contributed by atoms with Gasteiger partial charge in [-0.1, -0.05) is 85.0 Å². The van der Waals surface area contributed by atoms with Crippen LogP contribution >= 0.6 is 0 Å². The molecule has 3 aromatic rings. The molecular weight excluding hydrogens is 440 g/mol. The van der Waals surface area contributed by atoms with Gasteiger partial charge < -0.3 is 4.90 Å². The van der Waals surface area contributed by atoms with E-state index in [0.29, 0.717) is 6.04 Å². The van der Waals surface area contributed by atoms with Crippen LogP contribution in [0.3, 0.4) is 0 Å². The molecule has 0 atom stereocenters. The number of amides is 1. The standard InChI is InChI=1S/C33H34N2O/c1-2-19-33(30-15-7-5-13-28(30)29-14-6-8-16-31(29)33)20-9-10-21-34-22-17-26(18-23-34)35-24-25-11-3-4-12-27(25)32(35)36/h2-16,26H,1,17-24H2/b10-9+. The van der Waals surface area contributed by atoms with E-state index in [2.05, 4.69) is 89.2 Å². The smallest absolute Gasteiger partial charge is 0.254 e. The summed E-state index contributed by atoms with van der Waals surface area (Å²) in [6.45, 7) is 7.93. The van der Waals surface area contributed by atoms with Crippen LogP contribution in [0.15, 0.2) is 97.6 Å². The Morgan fingerprint density at radius 3 is 2.06 bits per heavy atom. The second-order valence-electron chi connectivity index (χ2n) is 10.5. The van der Waals surface area contributed by atoms with Crippen molar-refractivity contribution in [1.82, 2.24) is 9.80 Å². The van der Waals surface area contributed by atoms with Crippen LogP contribution in [0.25, 0.3) is 11.1 Å². The van der Waals surface area contributed by atoms with Crippen molar-refractivity contribution in [1.29, 1.82) is 0 Å². The molecule has 2 heterocycles. The van der Waals surface area contributed by atoms with E-state index in [0.717, 1.165) is 57.4 Å². The third-order valence-corrected chi connectivity index (χ3v) is 8.51. The van der Waals surface area contributed by atoms with Crippen LogP contribution in [-0.2, 0) is 12.0 Å². The fourth-order valence-electron chi connectivity index (χ4n) is 6.68. The van der Waals surface area contributed by atoms with Crippen LogP contribution in [0.5, 0.6) is 0 Å². The lowest BCUT2D eigenvalue weighted by molar-refractivity contribution is 0.0607. The average molecular weight is 475 g/mol. The third kappa shape index (κ3) is 3.83. The van der Waals surface area contributed by atoms with Gasteiger partial charge in [-0.25, -0.2) is 0 Å². The molecule has 6 rings (SSSR count). The molecule has 36 heavy (non-hydrogen) atoms. The quantitative estimate of drug-likeness (QED) is 0.360. The average Bonchev–Trinajstić information content (AvgIpc) is 3.41. The number of benzene rings is 3. The lowest BCUT2D eigenvalue weighted by Gasteiger charge is -2.36. The molecule has 3 heteroatoms. The third-order valence-electron chi connectivity index (χ3n) is 8.51. The molecule has 2 aliphatic heterocycles. The summed E-state index contributed by atoms with van der Waals surface area (Å²) in [7, 11) is 0. The Labute approximate surface area is 214 Å². The Morgan fingerprint density at radius 2 is 1.42 bits per heavy atom. The van der Waals surface area contributed by atoms with Crippen LogP contribution in [0.2, 0.25) is 0 Å². The maximum absolute atomic E-state index is 12.9. The van der Waals surface area contributed by atoms with Gasteiger partial charge in [0.1, 0.15) is 0 Å². The number of fused-ring (bicyclic) bond motifs is 4. The number of rotatable bonds is 7. The number of carbonyl (C=O) groups excluding carboxylic acids is 1. The SMILES string of the molecule is C=CCC1(C/C=C/CN2CCC(N3Cc4ccccc4C3=O)CC2)c2ccccc2-c2ccccc21.